The molecule has 3 heterocycles. The Morgan fingerprint density at radius 2 is 2.08 bits per heavy atom. The summed E-state index contributed by atoms with van der Waals surface area (Å²) in [6.07, 6.45) is 7.86. The minimum Gasteiger partial charge on any atom is -0.317 e. The van der Waals surface area contributed by atoms with Crippen LogP contribution >= 0.6 is 11.3 Å². The Morgan fingerprint density at radius 3 is 2.81 bits per heavy atom. The lowest BCUT2D eigenvalue weighted by molar-refractivity contribution is 0.459. The van der Waals surface area contributed by atoms with Crippen molar-refractivity contribution < 1.29 is 4.39 Å². The topological polar surface area (TPSA) is 49.6 Å². The van der Waals surface area contributed by atoms with Crippen molar-refractivity contribution in [2.45, 2.75) is 25.7 Å². The van der Waals surface area contributed by atoms with Gasteiger partial charge in [-0.2, -0.15) is 0 Å². The van der Waals surface area contributed by atoms with Crippen LogP contribution in [0.15, 0.2) is 46.0 Å². The first-order valence-electron chi connectivity index (χ1n) is 8.91. The maximum Gasteiger partial charge on any atom is 0.150 e. The SMILES string of the molecule is C/C=C1/N=C(c2cc(F)c3nc(C4CCNCC4)sc3c2)C=CC1=NC. The van der Waals surface area contributed by atoms with E-state index in [-0.39, 0.29) is 5.82 Å². The molecule has 1 fully saturated rings. The molecule has 2 aliphatic rings. The van der Waals surface area contributed by atoms with Crippen LogP contribution in [0.2, 0.25) is 0 Å². The third-order valence-electron chi connectivity index (χ3n) is 4.87. The molecule has 1 aromatic carbocycles. The standard InChI is InChI=1S/C20H21FN4S/c1-3-15-17(22-2)5-4-16(24-15)13-10-14(21)19-18(11-13)26-20(25-19)12-6-8-23-9-7-12/h3-5,10-12,23H,6-9H2,1-2H3/b15-3+,22-17?. The van der Waals surface area contributed by atoms with Crippen molar-refractivity contribution in [2.75, 3.05) is 20.1 Å². The van der Waals surface area contributed by atoms with E-state index in [0.29, 0.717) is 11.4 Å². The largest absolute Gasteiger partial charge is 0.317 e. The van der Waals surface area contributed by atoms with Gasteiger partial charge < -0.3 is 5.32 Å². The quantitative estimate of drug-likeness (QED) is 0.862. The predicted octanol–water partition coefficient (Wildman–Crippen LogP) is 4.24. The van der Waals surface area contributed by atoms with Crippen LogP contribution in [0, 0.1) is 5.82 Å². The Morgan fingerprint density at radius 1 is 1.27 bits per heavy atom. The van der Waals surface area contributed by atoms with Gasteiger partial charge in [0, 0.05) is 18.5 Å². The van der Waals surface area contributed by atoms with Gasteiger partial charge in [-0.3, -0.25) is 4.99 Å². The molecule has 134 valence electrons. The summed E-state index contributed by atoms with van der Waals surface area (Å²) in [6, 6.07) is 3.55. The van der Waals surface area contributed by atoms with Crippen molar-refractivity contribution >= 4 is 33.0 Å². The second-order valence-electron chi connectivity index (χ2n) is 6.49. The number of dihydropyridines is 1. The average Bonchev–Trinajstić information content (AvgIpc) is 3.13. The minimum atomic E-state index is -0.276. The summed E-state index contributed by atoms with van der Waals surface area (Å²) in [4.78, 5) is 13.5. The molecule has 1 saturated heterocycles. The molecular formula is C20H21FN4S. The van der Waals surface area contributed by atoms with Gasteiger partial charge in [-0.15, -0.1) is 11.3 Å². The van der Waals surface area contributed by atoms with Gasteiger partial charge in [-0.25, -0.2) is 14.4 Å². The Bertz CT molecular complexity index is 962. The van der Waals surface area contributed by atoms with Crippen LogP contribution in [0.1, 0.15) is 36.3 Å². The third-order valence-corrected chi connectivity index (χ3v) is 6.03. The van der Waals surface area contributed by atoms with E-state index >= 15 is 0 Å². The lowest BCUT2D eigenvalue weighted by Gasteiger charge is -2.20. The van der Waals surface area contributed by atoms with E-state index in [1.54, 1.807) is 24.5 Å². The number of hydrogen-bond acceptors (Lipinski definition) is 5. The fraction of sp³-hybridized carbons (Fsp3) is 0.350. The molecule has 2 aliphatic heterocycles. The van der Waals surface area contributed by atoms with E-state index in [4.69, 9.17) is 0 Å². The van der Waals surface area contributed by atoms with Crippen LogP contribution in [0.25, 0.3) is 10.2 Å². The summed E-state index contributed by atoms with van der Waals surface area (Å²) < 4.78 is 15.6. The Labute approximate surface area is 156 Å². The van der Waals surface area contributed by atoms with Crippen molar-refractivity contribution in [3.05, 3.63) is 52.4 Å². The molecule has 0 saturated carbocycles. The second-order valence-corrected chi connectivity index (χ2v) is 7.56. The highest BCUT2D eigenvalue weighted by molar-refractivity contribution is 7.18. The molecule has 0 spiro atoms. The van der Waals surface area contributed by atoms with Gasteiger partial charge in [0.25, 0.3) is 0 Å². The molecule has 1 N–H and O–H groups in total. The normalized spacial score (nSPS) is 21.7. The molecule has 0 radical (unpaired) electrons. The van der Waals surface area contributed by atoms with Gasteiger partial charge in [0.15, 0.2) is 5.82 Å². The average molecular weight is 368 g/mol. The lowest BCUT2D eigenvalue weighted by atomic mass is 9.99. The zero-order valence-electron chi connectivity index (χ0n) is 14.9. The number of thiazole rings is 1. The molecule has 1 aromatic heterocycles. The molecular weight excluding hydrogens is 347 g/mol. The van der Waals surface area contributed by atoms with E-state index in [2.05, 4.69) is 20.3 Å². The van der Waals surface area contributed by atoms with E-state index in [1.165, 1.54) is 0 Å². The van der Waals surface area contributed by atoms with Crippen LogP contribution in [-0.4, -0.2) is 36.5 Å². The van der Waals surface area contributed by atoms with Crippen molar-refractivity contribution in [3.63, 3.8) is 0 Å². The number of hydrogen-bond donors (Lipinski definition) is 1. The van der Waals surface area contributed by atoms with Gasteiger partial charge in [0.2, 0.25) is 0 Å². The number of rotatable bonds is 2. The maximum absolute atomic E-state index is 14.7. The zero-order valence-corrected chi connectivity index (χ0v) is 15.7. The number of allylic oxidation sites excluding steroid dienone is 3. The highest BCUT2D eigenvalue weighted by atomic mass is 32.1. The number of aliphatic imine (C=N–C) groups is 2. The summed E-state index contributed by atoms with van der Waals surface area (Å²) in [7, 11) is 1.75. The molecule has 0 bridgehead atoms. The molecule has 0 unspecified atom stereocenters. The Hall–Kier alpha value is -2.18. The summed E-state index contributed by atoms with van der Waals surface area (Å²) in [5.74, 6) is 0.156. The Kier molecular flexibility index (Phi) is 4.78. The molecule has 0 aliphatic carbocycles. The maximum atomic E-state index is 14.7. The molecule has 2 aromatic rings. The summed E-state index contributed by atoms with van der Waals surface area (Å²) >= 11 is 1.61. The van der Waals surface area contributed by atoms with Crippen LogP contribution in [0.3, 0.4) is 0 Å². The van der Waals surface area contributed by atoms with Gasteiger partial charge in [0.1, 0.15) is 5.52 Å². The molecule has 4 rings (SSSR count). The third kappa shape index (κ3) is 3.15. The van der Waals surface area contributed by atoms with Crippen molar-refractivity contribution in [3.8, 4) is 0 Å². The first-order valence-corrected chi connectivity index (χ1v) is 9.72. The van der Waals surface area contributed by atoms with Crippen LogP contribution in [-0.2, 0) is 0 Å². The smallest absolute Gasteiger partial charge is 0.150 e. The van der Waals surface area contributed by atoms with Crippen LogP contribution < -0.4 is 5.32 Å². The first kappa shape index (κ1) is 17.2. The number of fused-ring (bicyclic) bond motifs is 1. The summed E-state index contributed by atoms with van der Waals surface area (Å²) in [6.45, 7) is 3.94. The van der Waals surface area contributed by atoms with Gasteiger partial charge in [-0.05, 0) is 57.1 Å². The van der Waals surface area contributed by atoms with Crippen LogP contribution in [0.5, 0.6) is 0 Å². The molecule has 26 heavy (non-hydrogen) atoms. The van der Waals surface area contributed by atoms with Crippen molar-refractivity contribution in [1.82, 2.24) is 10.3 Å². The number of piperidine rings is 1. The van der Waals surface area contributed by atoms with Crippen LogP contribution in [0.4, 0.5) is 4.39 Å². The number of nitrogens with one attached hydrogen (secondary N) is 1. The highest BCUT2D eigenvalue weighted by Crippen LogP contribution is 2.34. The summed E-state index contributed by atoms with van der Waals surface area (Å²) in [5, 5.41) is 4.41. The van der Waals surface area contributed by atoms with Gasteiger partial charge >= 0.3 is 0 Å². The molecule has 6 heteroatoms. The Balaban J connectivity index is 1.73. The minimum absolute atomic E-state index is 0.276. The highest BCUT2D eigenvalue weighted by Gasteiger charge is 2.21. The molecule has 4 nitrogen and oxygen atoms in total. The molecule has 0 amide bonds. The fourth-order valence-electron chi connectivity index (χ4n) is 3.43. The predicted molar refractivity (Wildman–Crippen MR) is 107 cm³/mol. The van der Waals surface area contributed by atoms with E-state index < -0.39 is 0 Å². The van der Waals surface area contributed by atoms with Crippen molar-refractivity contribution in [2.24, 2.45) is 9.98 Å². The first-order chi connectivity index (χ1) is 12.7. The van der Waals surface area contributed by atoms with E-state index in [0.717, 1.165) is 58.3 Å². The fourth-order valence-corrected chi connectivity index (χ4v) is 4.62. The number of aromatic nitrogens is 1. The van der Waals surface area contributed by atoms with Crippen molar-refractivity contribution in [1.29, 1.82) is 0 Å². The zero-order chi connectivity index (χ0) is 18.1. The monoisotopic (exact) mass is 368 g/mol. The van der Waals surface area contributed by atoms with Gasteiger partial charge in [-0.1, -0.05) is 6.08 Å². The second kappa shape index (κ2) is 7.21. The molecule has 0 atom stereocenters. The number of halogens is 1. The number of benzene rings is 1. The lowest BCUT2D eigenvalue weighted by Crippen LogP contribution is -2.26. The van der Waals surface area contributed by atoms with Gasteiger partial charge in [0.05, 0.1) is 26.8 Å². The van der Waals surface area contributed by atoms with E-state index in [9.17, 15) is 4.39 Å². The van der Waals surface area contributed by atoms with E-state index in [1.807, 2.05) is 31.2 Å². The number of nitrogens with zero attached hydrogens (tertiary/aromatic N) is 3. The summed E-state index contributed by atoms with van der Waals surface area (Å²) in [5.41, 5.74) is 3.66.